The number of amides is 2. The van der Waals surface area contributed by atoms with Gasteiger partial charge in [-0.1, -0.05) is 30.3 Å². The summed E-state index contributed by atoms with van der Waals surface area (Å²) in [4.78, 5) is 41.9. The van der Waals surface area contributed by atoms with E-state index in [1.54, 1.807) is 58.9 Å². The lowest BCUT2D eigenvalue weighted by Crippen LogP contribution is -2.48. The van der Waals surface area contributed by atoms with E-state index in [0.29, 0.717) is 23.3 Å². The molecule has 47 heavy (non-hydrogen) atoms. The molecule has 0 bridgehead atoms. The third kappa shape index (κ3) is 10.6. The predicted octanol–water partition coefficient (Wildman–Crippen LogP) is 3.45. The summed E-state index contributed by atoms with van der Waals surface area (Å²) >= 11 is 0. The third-order valence-electron chi connectivity index (χ3n) is 7.38. The van der Waals surface area contributed by atoms with Crippen molar-refractivity contribution in [1.82, 2.24) is 15.4 Å². The molecule has 0 fully saturated rings. The van der Waals surface area contributed by atoms with E-state index in [9.17, 15) is 22.8 Å². The number of nitrogens with two attached hydrogens (primary N) is 1. The monoisotopic (exact) mass is 673 g/mol. The summed E-state index contributed by atoms with van der Waals surface area (Å²) in [6, 6.07) is 7.94. The van der Waals surface area contributed by atoms with Crippen molar-refractivity contribution in [3.05, 3.63) is 58.1 Å². The highest BCUT2D eigenvalue weighted by molar-refractivity contribution is 7.90. The molecule has 3 rings (SSSR count). The van der Waals surface area contributed by atoms with Crippen LogP contribution in [0.5, 0.6) is 5.75 Å². The Hall–Kier alpha value is -4.33. The normalized spacial score (nSPS) is 14.8. The highest BCUT2D eigenvalue weighted by Gasteiger charge is 2.36. The van der Waals surface area contributed by atoms with Gasteiger partial charge in [0, 0.05) is 18.5 Å². The maximum atomic E-state index is 13.5. The summed E-state index contributed by atoms with van der Waals surface area (Å²) in [7, 11) is -4.09. The van der Waals surface area contributed by atoms with Crippen molar-refractivity contribution < 1.29 is 37.0 Å². The number of nitrogens with zero attached hydrogens (tertiary/aromatic N) is 1. The van der Waals surface area contributed by atoms with E-state index in [0.717, 1.165) is 16.7 Å². The lowest BCUT2D eigenvalue weighted by Gasteiger charge is -2.21. The Morgan fingerprint density at radius 2 is 1.72 bits per heavy atom. The summed E-state index contributed by atoms with van der Waals surface area (Å²) in [6.45, 7) is 14.0. The molecule has 0 aliphatic carbocycles. The second-order valence-corrected chi connectivity index (χ2v) is 14.7. The van der Waals surface area contributed by atoms with Gasteiger partial charge in [0.2, 0.25) is 11.9 Å². The van der Waals surface area contributed by atoms with E-state index < -0.39 is 51.8 Å². The fourth-order valence-electron chi connectivity index (χ4n) is 5.20. The number of esters is 1. The predicted molar refractivity (Wildman–Crippen MR) is 178 cm³/mol. The number of nitrogens with one attached hydrogen (secondary N) is 3. The number of carbonyl (C=O) groups is 3. The minimum Gasteiger partial charge on any atom is -0.487 e. The maximum absolute atomic E-state index is 13.5. The van der Waals surface area contributed by atoms with Gasteiger partial charge in [-0.25, -0.2) is 17.9 Å². The number of sulfonamides is 1. The molecule has 2 amide bonds. The van der Waals surface area contributed by atoms with Gasteiger partial charge in [0.25, 0.3) is 10.0 Å². The third-order valence-corrected chi connectivity index (χ3v) is 9.01. The molecule has 1 heterocycles. The first-order chi connectivity index (χ1) is 21.8. The number of aliphatic imine (C=N–C) groups is 1. The second kappa shape index (κ2) is 15.1. The molecule has 1 aliphatic rings. The van der Waals surface area contributed by atoms with Crippen molar-refractivity contribution in [2.75, 3.05) is 13.1 Å². The van der Waals surface area contributed by atoms with Gasteiger partial charge in [-0.05, 0) is 90.5 Å². The molecular formula is C33H47N5O8S. The SMILES string of the molecule is Cc1c(C)c(S(=O)(=O)NC(N)=NCCC[C@H](NC(=O)OCc2ccccc2)C(=O)NCC(=O)OC(C)(C)C)c(C)c2c1OC(C)(C)C2. The number of hydrogen-bond donors (Lipinski definition) is 4. The van der Waals surface area contributed by atoms with Crippen LogP contribution < -0.4 is 25.8 Å². The fourth-order valence-corrected chi connectivity index (χ4v) is 6.72. The van der Waals surface area contributed by atoms with Crippen LogP contribution >= 0.6 is 0 Å². The smallest absolute Gasteiger partial charge is 0.408 e. The van der Waals surface area contributed by atoms with Crippen LogP contribution in [-0.4, -0.2) is 62.7 Å². The average Bonchev–Trinajstić information content (AvgIpc) is 3.30. The Labute approximate surface area is 277 Å². The quantitative estimate of drug-likeness (QED) is 0.113. The van der Waals surface area contributed by atoms with Crippen molar-refractivity contribution in [2.24, 2.45) is 10.7 Å². The van der Waals surface area contributed by atoms with E-state index in [1.165, 1.54) is 0 Å². The fraction of sp³-hybridized carbons (Fsp3) is 0.515. The van der Waals surface area contributed by atoms with Crippen LogP contribution in [0, 0.1) is 20.8 Å². The topological polar surface area (TPSA) is 188 Å². The van der Waals surface area contributed by atoms with E-state index in [2.05, 4.69) is 20.3 Å². The number of fused-ring (bicyclic) bond motifs is 1. The molecule has 1 atom stereocenters. The standard InChI is InChI=1S/C33H47N5O8S/c1-20-21(2)28(22(3)24-17-33(7,8)46-27(20)24)47(42,43)38-30(34)35-16-12-15-25(29(40)36-18-26(39)45-32(4,5)6)37-31(41)44-19-23-13-10-9-11-14-23/h9-11,13-14,25H,12,15-19H2,1-8H3,(H,36,40)(H,37,41)(H3,34,35,38)/t25-/m0/s1. The molecule has 5 N–H and O–H groups in total. The first-order valence-corrected chi connectivity index (χ1v) is 16.9. The Bertz CT molecular complexity index is 1620. The summed E-state index contributed by atoms with van der Waals surface area (Å²) in [5.41, 5.74) is 8.32. The van der Waals surface area contributed by atoms with E-state index in [4.69, 9.17) is 19.9 Å². The van der Waals surface area contributed by atoms with E-state index >= 15 is 0 Å². The number of guanidine groups is 1. The molecule has 0 unspecified atom stereocenters. The first-order valence-electron chi connectivity index (χ1n) is 15.4. The minimum absolute atomic E-state index is 0.00658. The van der Waals surface area contributed by atoms with Crippen molar-refractivity contribution >= 4 is 34.0 Å². The van der Waals surface area contributed by atoms with Crippen LogP contribution in [0.4, 0.5) is 4.79 Å². The molecule has 0 spiro atoms. The molecule has 0 saturated heterocycles. The second-order valence-electron chi connectivity index (χ2n) is 13.1. The number of ether oxygens (including phenoxy) is 3. The minimum atomic E-state index is -4.09. The van der Waals surface area contributed by atoms with Crippen molar-refractivity contribution in [3.8, 4) is 5.75 Å². The number of alkyl carbamates (subject to hydrolysis) is 1. The highest BCUT2D eigenvalue weighted by atomic mass is 32.2. The summed E-state index contributed by atoms with van der Waals surface area (Å²) in [5, 5.41) is 5.00. The van der Waals surface area contributed by atoms with Gasteiger partial charge in [-0.2, -0.15) is 0 Å². The van der Waals surface area contributed by atoms with Crippen LogP contribution in [-0.2, 0) is 42.1 Å². The zero-order valence-corrected chi connectivity index (χ0v) is 29.2. The molecule has 0 radical (unpaired) electrons. The zero-order chi connectivity index (χ0) is 35.2. The molecular weight excluding hydrogens is 626 g/mol. The Kier molecular flexibility index (Phi) is 11.9. The number of benzene rings is 2. The number of hydrogen-bond acceptors (Lipinski definition) is 9. The van der Waals surface area contributed by atoms with Gasteiger partial charge in [0.15, 0.2) is 0 Å². The lowest BCUT2D eigenvalue weighted by atomic mass is 9.94. The van der Waals surface area contributed by atoms with Gasteiger partial charge in [0.05, 0.1) is 4.90 Å². The zero-order valence-electron chi connectivity index (χ0n) is 28.4. The number of carbonyl (C=O) groups excluding carboxylic acids is 3. The Morgan fingerprint density at radius 3 is 2.36 bits per heavy atom. The lowest BCUT2D eigenvalue weighted by molar-refractivity contribution is -0.154. The van der Waals surface area contributed by atoms with Crippen molar-refractivity contribution in [2.45, 2.75) is 103 Å². The molecule has 258 valence electrons. The largest absolute Gasteiger partial charge is 0.487 e. The Morgan fingerprint density at radius 1 is 1.06 bits per heavy atom. The maximum Gasteiger partial charge on any atom is 0.408 e. The van der Waals surface area contributed by atoms with Gasteiger partial charge < -0.3 is 30.6 Å². The van der Waals surface area contributed by atoms with Crippen LogP contribution in [0.3, 0.4) is 0 Å². The van der Waals surface area contributed by atoms with Crippen LogP contribution in [0.2, 0.25) is 0 Å². The van der Waals surface area contributed by atoms with Gasteiger partial charge in [-0.15, -0.1) is 0 Å². The molecule has 0 aromatic heterocycles. The Balaban J connectivity index is 1.65. The average molecular weight is 674 g/mol. The van der Waals surface area contributed by atoms with Gasteiger partial charge in [0.1, 0.15) is 36.1 Å². The highest BCUT2D eigenvalue weighted by Crippen LogP contribution is 2.43. The molecule has 13 nitrogen and oxygen atoms in total. The van der Waals surface area contributed by atoms with Crippen LogP contribution in [0.15, 0.2) is 40.2 Å². The molecule has 14 heteroatoms. The molecule has 2 aromatic rings. The number of rotatable bonds is 12. The van der Waals surface area contributed by atoms with Gasteiger partial charge in [-0.3, -0.25) is 14.6 Å². The summed E-state index contributed by atoms with van der Waals surface area (Å²) in [5.74, 6) is -0.871. The summed E-state index contributed by atoms with van der Waals surface area (Å²) < 4.78 is 45.9. The van der Waals surface area contributed by atoms with Crippen molar-refractivity contribution in [3.63, 3.8) is 0 Å². The molecule has 0 saturated carbocycles. The van der Waals surface area contributed by atoms with Crippen LogP contribution in [0.25, 0.3) is 0 Å². The summed E-state index contributed by atoms with van der Waals surface area (Å²) in [6.07, 6.45) is 0.0595. The van der Waals surface area contributed by atoms with E-state index in [1.807, 2.05) is 26.8 Å². The molecule has 1 aliphatic heterocycles. The van der Waals surface area contributed by atoms with Crippen molar-refractivity contribution in [1.29, 1.82) is 0 Å². The van der Waals surface area contributed by atoms with Crippen LogP contribution in [0.1, 0.15) is 75.3 Å². The van der Waals surface area contributed by atoms with Gasteiger partial charge >= 0.3 is 12.1 Å². The van der Waals surface area contributed by atoms with E-state index in [-0.39, 0.29) is 36.8 Å². The first kappa shape index (κ1) is 37.1. The molecule has 2 aromatic carbocycles.